The van der Waals surface area contributed by atoms with Crippen LogP contribution in [0.2, 0.25) is 0 Å². The van der Waals surface area contributed by atoms with Crippen molar-refractivity contribution in [1.82, 2.24) is 10.2 Å². The van der Waals surface area contributed by atoms with Gasteiger partial charge in [0.25, 0.3) is 0 Å². The number of nitrogens with zero attached hydrogens (tertiary/aromatic N) is 1. The van der Waals surface area contributed by atoms with Crippen LogP contribution < -0.4 is 5.32 Å². The van der Waals surface area contributed by atoms with Crippen LogP contribution in [0.3, 0.4) is 0 Å². The minimum absolute atomic E-state index is 0.0146. The molecular formula is C13H24N2O3S. The second-order valence-electron chi connectivity index (χ2n) is 5.03. The summed E-state index contributed by atoms with van der Waals surface area (Å²) in [6.45, 7) is 4.86. The Bertz CT molecular complexity index is 313. The maximum atomic E-state index is 12.1. The largest absolute Gasteiger partial charge is 0.395 e. The van der Waals surface area contributed by atoms with Gasteiger partial charge in [-0.2, -0.15) is 11.8 Å². The van der Waals surface area contributed by atoms with Crippen LogP contribution in [0.4, 0.5) is 0 Å². The average Bonchev–Trinajstić information content (AvgIpc) is 2.40. The van der Waals surface area contributed by atoms with Crippen molar-refractivity contribution in [3.8, 4) is 0 Å². The Morgan fingerprint density at radius 3 is 2.42 bits per heavy atom. The molecule has 5 nitrogen and oxygen atoms in total. The second-order valence-corrected chi connectivity index (χ2v) is 6.11. The summed E-state index contributed by atoms with van der Waals surface area (Å²) in [5.41, 5.74) is 0. The lowest BCUT2D eigenvalue weighted by molar-refractivity contribution is -0.134. The number of aliphatic hydroxyl groups is 1. The molecule has 0 aromatic heterocycles. The number of piperidine rings is 1. The summed E-state index contributed by atoms with van der Waals surface area (Å²) < 4.78 is 0. The van der Waals surface area contributed by atoms with E-state index in [4.69, 9.17) is 0 Å². The van der Waals surface area contributed by atoms with Gasteiger partial charge < -0.3 is 15.3 Å². The lowest BCUT2D eigenvalue weighted by Gasteiger charge is -2.32. The molecule has 2 amide bonds. The van der Waals surface area contributed by atoms with Crippen LogP contribution in [0.15, 0.2) is 0 Å². The molecule has 1 rings (SSSR count). The van der Waals surface area contributed by atoms with Crippen molar-refractivity contribution >= 4 is 23.6 Å². The zero-order valence-corrected chi connectivity index (χ0v) is 12.7. The fourth-order valence-electron chi connectivity index (χ4n) is 2.33. The van der Waals surface area contributed by atoms with E-state index in [2.05, 4.69) is 5.32 Å². The number of amides is 2. The van der Waals surface area contributed by atoms with Crippen molar-refractivity contribution in [3.05, 3.63) is 0 Å². The Morgan fingerprint density at radius 2 is 2.00 bits per heavy atom. The van der Waals surface area contributed by atoms with Crippen LogP contribution >= 0.6 is 11.8 Å². The van der Waals surface area contributed by atoms with Crippen molar-refractivity contribution < 1.29 is 14.7 Å². The first-order chi connectivity index (χ1) is 8.99. The van der Waals surface area contributed by atoms with Crippen molar-refractivity contribution in [1.29, 1.82) is 0 Å². The lowest BCUT2D eigenvalue weighted by Crippen LogP contribution is -2.47. The summed E-state index contributed by atoms with van der Waals surface area (Å²) in [4.78, 5) is 25.1. The molecule has 0 aromatic carbocycles. The number of nitrogens with one attached hydrogen (secondary N) is 1. The molecule has 1 aliphatic rings. The molecule has 1 fully saturated rings. The Balaban J connectivity index is 2.41. The van der Waals surface area contributed by atoms with Crippen LogP contribution in [0, 0.1) is 5.92 Å². The van der Waals surface area contributed by atoms with Crippen LogP contribution in [0.1, 0.15) is 26.7 Å². The molecule has 19 heavy (non-hydrogen) atoms. The van der Waals surface area contributed by atoms with Crippen molar-refractivity contribution in [3.63, 3.8) is 0 Å². The first-order valence-corrected chi connectivity index (χ1v) is 7.98. The molecule has 110 valence electrons. The molecule has 0 saturated carbocycles. The standard InChI is InChI=1S/C13H24N2O3S/c1-9(12(8-16)19-3)14-13(18)11-4-6-15(7-5-11)10(2)17/h9,11-12,16H,4-8H2,1-3H3,(H,14,18). The summed E-state index contributed by atoms with van der Waals surface area (Å²) in [5, 5.41) is 12.2. The highest BCUT2D eigenvalue weighted by Crippen LogP contribution is 2.18. The van der Waals surface area contributed by atoms with Gasteiger partial charge in [-0.3, -0.25) is 9.59 Å². The zero-order chi connectivity index (χ0) is 14.4. The number of hydrogen-bond donors (Lipinski definition) is 2. The van der Waals surface area contributed by atoms with Gasteiger partial charge in [0.2, 0.25) is 11.8 Å². The Hall–Kier alpha value is -0.750. The third kappa shape index (κ3) is 4.69. The summed E-state index contributed by atoms with van der Waals surface area (Å²) in [6, 6.07) is -0.0432. The summed E-state index contributed by atoms with van der Waals surface area (Å²) in [7, 11) is 0. The zero-order valence-electron chi connectivity index (χ0n) is 11.9. The second kappa shape index (κ2) is 7.75. The molecule has 0 aliphatic carbocycles. The van der Waals surface area contributed by atoms with E-state index < -0.39 is 0 Å². The van der Waals surface area contributed by atoms with Crippen LogP contribution in [-0.2, 0) is 9.59 Å². The predicted octanol–water partition coefficient (Wildman–Crippen LogP) is 0.473. The minimum Gasteiger partial charge on any atom is -0.395 e. The maximum Gasteiger partial charge on any atom is 0.223 e. The van der Waals surface area contributed by atoms with Gasteiger partial charge >= 0.3 is 0 Å². The average molecular weight is 288 g/mol. The third-order valence-electron chi connectivity index (χ3n) is 3.72. The highest BCUT2D eigenvalue weighted by Gasteiger charge is 2.27. The van der Waals surface area contributed by atoms with Crippen molar-refractivity contribution in [2.24, 2.45) is 5.92 Å². The topological polar surface area (TPSA) is 69.6 Å². The number of aliphatic hydroxyl groups excluding tert-OH is 1. The van der Waals surface area contributed by atoms with E-state index >= 15 is 0 Å². The van der Waals surface area contributed by atoms with Crippen LogP contribution in [0.25, 0.3) is 0 Å². The Morgan fingerprint density at radius 1 is 1.42 bits per heavy atom. The van der Waals surface area contributed by atoms with E-state index in [1.807, 2.05) is 13.2 Å². The molecule has 0 spiro atoms. The predicted molar refractivity (Wildman–Crippen MR) is 77.0 cm³/mol. The molecule has 0 radical (unpaired) electrons. The van der Waals surface area contributed by atoms with E-state index in [-0.39, 0.29) is 35.6 Å². The number of carbonyl (C=O) groups excluding carboxylic acids is 2. The fraction of sp³-hybridized carbons (Fsp3) is 0.846. The molecule has 0 aromatic rings. The molecule has 0 bridgehead atoms. The van der Waals surface area contributed by atoms with E-state index in [1.54, 1.807) is 23.6 Å². The van der Waals surface area contributed by atoms with Crippen molar-refractivity contribution in [2.45, 2.75) is 38.0 Å². The molecule has 6 heteroatoms. The molecular weight excluding hydrogens is 264 g/mol. The summed E-state index contributed by atoms with van der Waals surface area (Å²) >= 11 is 1.55. The fourth-order valence-corrected chi connectivity index (χ4v) is 2.95. The highest BCUT2D eigenvalue weighted by molar-refractivity contribution is 7.99. The Labute approximate surface area is 119 Å². The number of carbonyl (C=O) groups is 2. The van der Waals surface area contributed by atoms with Crippen molar-refractivity contribution in [2.75, 3.05) is 26.0 Å². The van der Waals surface area contributed by atoms with Gasteiger partial charge in [0.1, 0.15) is 0 Å². The van der Waals surface area contributed by atoms with Gasteiger partial charge in [-0.05, 0) is 26.0 Å². The van der Waals surface area contributed by atoms with Crippen LogP contribution in [0.5, 0.6) is 0 Å². The van der Waals surface area contributed by atoms with Gasteiger partial charge in [-0.1, -0.05) is 0 Å². The molecule has 2 N–H and O–H groups in total. The minimum atomic E-state index is -0.0432. The molecule has 1 saturated heterocycles. The van der Waals surface area contributed by atoms with E-state index in [0.717, 1.165) is 12.8 Å². The van der Waals surface area contributed by atoms with E-state index in [9.17, 15) is 14.7 Å². The monoisotopic (exact) mass is 288 g/mol. The van der Waals surface area contributed by atoms with Gasteiger partial charge in [0.05, 0.1) is 6.61 Å². The van der Waals surface area contributed by atoms with Gasteiger partial charge in [0, 0.05) is 37.2 Å². The number of likely N-dealkylation sites (tertiary alicyclic amines) is 1. The van der Waals surface area contributed by atoms with E-state index in [0.29, 0.717) is 13.1 Å². The van der Waals surface area contributed by atoms with Gasteiger partial charge in [0.15, 0.2) is 0 Å². The molecule has 2 unspecified atom stereocenters. The van der Waals surface area contributed by atoms with E-state index in [1.165, 1.54) is 0 Å². The normalized spacial score (nSPS) is 19.9. The molecule has 1 heterocycles. The summed E-state index contributed by atoms with van der Waals surface area (Å²) in [5.74, 6) is 0.109. The van der Waals surface area contributed by atoms with Gasteiger partial charge in [-0.25, -0.2) is 0 Å². The lowest BCUT2D eigenvalue weighted by atomic mass is 9.95. The number of hydrogen-bond acceptors (Lipinski definition) is 4. The number of rotatable bonds is 5. The maximum absolute atomic E-state index is 12.1. The highest BCUT2D eigenvalue weighted by atomic mass is 32.2. The quantitative estimate of drug-likeness (QED) is 0.772. The molecule has 1 aliphatic heterocycles. The third-order valence-corrected chi connectivity index (χ3v) is 4.88. The summed E-state index contributed by atoms with van der Waals surface area (Å²) in [6.07, 6.45) is 3.37. The SMILES string of the molecule is CSC(CO)C(C)NC(=O)C1CCN(C(C)=O)CC1. The Kier molecular flexibility index (Phi) is 6.65. The van der Waals surface area contributed by atoms with Crippen LogP contribution in [-0.4, -0.2) is 59.1 Å². The number of thioether (sulfide) groups is 1. The first-order valence-electron chi connectivity index (χ1n) is 6.69. The van der Waals surface area contributed by atoms with Gasteiger partial charge in [-0.15, -0.1) is 0 Å². The first kappa shape index (κ1) is 16.3. The molecule has 2 atom stereocenters. The smallest absolute Gasteiger partial charge is 0.223 e.